The first-order chi connectivity index (χ1) is 8.31. The Morgan fingerprint density at radius 1 is 1.24 bits per heavy atom. The maximum Gasteiger partial charge on any atom is 0.129 e. The standard InChI is InChI=1S/C14H19ClN2/c15-14-5-1-4-13(16-14)10-17-8-2-3-12(9-17)11-6-7-11/h1,4-5,11-12H,2-3,6-10H2. The molecule has 0 amide bonds. The van der Waals surface area contributed by atoms with Gasteiger partial charge in [-0.2, -0.15) is 0 Å². The van der Waals surface area contributed by atoms with E-state index in [1.54, 1.807) is 0 Å². The van der Waals surface area contributed by atoms with Gasteiger partial charge in [-0.05, 0) is 56.2 Å². The second-order valence-electron chi connectivity index (χ2n) is 5.43. The van der Waals surface area contributed by atoms with Crippen molar-refractivity contribution >= 4 is 11.6 Å². The van der Waals surface area contributed by atoms with Gasteiger partial charge in [-0.25, -0.2) is 4.98 Å². The Morgan fingerprint density at radius 3 is 2.88 bits per heavy atom. The van der Waals surface area contributed by atoms with Crippen LogP contribution in [0.2, 0.25) is 5.15 Å². The molecule has 1 saturated carbocycles. The molecule has 3 rings (SSSR count). The normalized spacial score (nSPS) is 26.1. The first-order valence-corrected chi connectivity index (χ1v) is 7.03. The van der Waals surface area contributed by atoms with E-state index in [0.717, 1.165) is 24.1 Å². The third-order valence-electron chi connectivity index (χ3n) is 3.99. The number of nitrogens with zero attached hydrogens (tertiary/aromatic N) is 2. The van der Waals surface area contributed by atoms with Crippen molar-refractivity contribution in [3.8, 4) is 0 Å². The Labute approximate surface area is 108 Å². The first kappa shape index (κ1) is 11.5. The minimum Gasteiger partial charge on any atom is -0.297 e. The van der Waals surface area contributed by atoms with Crippen LogP contribution < -0.4 is 0 Å². The third-order valence-corrected chi connectivity index (χ3v) is 4.20. The summed E-state index contributed by atoms with van der Waals surface area (Å²) in [5, 5.41) is 0.609. The molecule has 0 aromatic carbocycles. The maximum atomic E-state index is 5.92. The Kier molecular flexibility index (Phi) is 3.34. The van der Waals surface area contributed by atoms with Crippen LogP contribution in [0.1, 0.15) is 31.4 Å². The second kappa shape index (κ2) is 4.95. The molecule has 2 fully saturated rings. The van der Waals surface area contributed by atoms with Gasteiger partial charge in [0.1, 0.15) is 5.15 Å². The molecular formula is C14H19ClN2. The van der Waals surface area contributed by atoms with Crippen molar-refractivity contribution < 1.29 is 0 Å². The largest absolute Gasteiger partial charge is 0.297 e. The molecule has 1 aromatic rings. The van der Waals surface area contributed by atoms with Crippen LogP contribution in [-0.2, 0) is 6.54 Å². The van der Waals surface area contributed by atoms with Crippen molar-refractivity contribution in [1.29, 1.82) is 0 Å². The van der Waals surface area contributed by atoms with Gasteiger partial charge in [-0.1, -0.05) is 17.7 Å². The van der Waals surface area contributed by atoms with Crippen LogP contribution in [0.3, 0.4) is 0 Å². The summed E-state index contributed by atoms with van der Waals surface area (Å²) in [5.74, 6) is 1.98. The van der Waals surface area contributed by atoms with Crippen molar-refractivity contribution in [3.05, 3.63) is 29.0 Å². The van der Waals surface area contributed by atoms with Crippen LogP contribution in [0.4, 0.5) is 0 Å². The Hall–Kier alpha value is -0.600. The van der Waals surface area contributed by atoms with Gasteiger partial charge in [0.05, 0.1) is 5.69 Å². The van der Waals surface area contributed by atoms with Crippen LogP contribution in [0, 0.1) is 11.8 Å². The molecule has 2 heterocycles. The minimum atomic E-state index is 0.609. The van der Waals surface area contributed by atoms with Gasteiger partial charge in [0.15, 0.2) is 0 Å². The van der Waals surface area contributed by atoms with Crippen molar-refractivity contribution in [2.24, 2.45) is 11.8 Å². The highest BCUT2D eigenvalue weighted by molar-refractivity contribution is 6.29. The number of halogens is 1. The molecule has 1 saturated heterocycles. The van der Waals surface area contributed by atoms with Gasteiger partial charge in [0, 0.05) is 13.1 Å². The van der Waals surface area contributed by atoms with Crippen molar-refractivity contribution in [2.45, 2.75) is 32.2 Å². The molecule has 0 spiro atoms. The van der Waals surface area contributed by atoms with Crippen molar-refractivity contribution in [1.82, 2.24) is 9.88 Å². The fourth-order valence-electron chi connectivity index (χ4n) is 2.95. The first-order valence-electron chi connectivity index (χ1n) is 6.65. The summed E-state index contributed by atoms with van der Waals surface area (Å²) in [6, 6.07) is 5.91. The molecule has 1 unspecified atom stereocenters. The lowest BCUT2D eigenvalue weighted by Crippen LogP contribution is -2.35. The quantitative estimate of drug-likeness (QED) is 0.765. The third kappa shape index (κ3) is 2.99. The summed E-state index contributed by atoms with van der Waals surface area (Å²) in [4.78, 5) is 6.92. The van der Waals surface area contributed by atoms with Gasteiger partial charge in [-0.15, -0.1) is 0 Å². The van der Waals surface area contributed by atoms with Crippen LogP contribution in [-0.4, -0.2) is 23.0 Å². The molecule has 0 radical (unpaired) electrons. The van der Waals surface area contributed by atoms with Gasteiger partial charge >= 0.3 is 0 Å². The monoisotopic (exact) mass is 250 g/mol. The number of piperidine rings is 1. The smallest absolute Gasteiger partial charge is 0.129 e. The Morgan fingerprint density at radius 2 is 2.12 bits per heavy atom. The van der Waals surface area contributed by atoms with E-state index < -0.39 is 0 Å². The summed E-state index contributed by atoms with van der Waals surface area (Å²) in [6.45, 7) is 3.44. The van der Waals surface area contributed by atoms with Crippen LogP contribution in [0.5, 0.6) is 0 Å². The molecule has 1 aliphatic carbocycles. The molecule has 2 nitrogen and oxygen atoms in total. The fourth-order valence-corrected chi connectivity index (χ4v) is 3.14. The van der Waals surface area contributed by atoms with Crippen LogP contribution >= 0.6 is 11.6 Å². The van der Waals surface area contributed by atoms with Crippen molar-refractivity contribution in [2.75, 3.05) is 13.1 Å². The number of hydrogen-bond acceptors (Lipinski definition) is 2. The van der Waals surface area contributed by atoms with E-state index >= 15 is 0 Å². The van der Waals surface area contributed by atoms with E-state index in [2.05, 4.69) is 16.0 Å². The molecule has 17 heavy (non-hydrogen) atoms. The topological polar surface area (TPSA) is 16.1 Å². The van der Waals surface area contributed by atoms with Crippen molar-refractivity contribution in [3.63, 3.8) is 0 Å². The van der Waals surface area contributed by atoms with E-state index in [0.29, 0.717) is 5.15 Å². The van der Waals surface area contributed by atoms with E-state index in [1.165, 1.54) is 38.8 Å². The summed E-state index contributed by atoms with van der Waals surface area (Å²) in [6.07, 6.45) is 5.72. The molecule has 1 aliphatic heterocycles. The lowest BCUT2D eigenvalue weighted by atomic mass is 9.93. The average molecular weight is 251 g/mol. The highest BCUT2D eigenvalue weighted by Crippen LogP contribution is 2.41. The molecule has 1 atom stereocenters. The second-order valence-corrected chi connectivity index (χ2v) is 5.81. The van der Waals surface area contributed by atoms with E-state index in [9.17, 15) is 0 Å². The van der Waals surface area contributed by atoms with Crippen LogP contribution in [0.15, 0.2) is 18.2 Å². The number of hydrogen-bond donors (Lipinski definition) is 0. The van der Waals surface area contributed by atoms with E-state index in [4.69, 9.17) is 11.6 Å². The molecule has 2 aliphatic rings. The zero-order valence-electron chi connectivity index (χ0n) is 10.1. The zero-order chi connectivity index (χ0) is 11.7. The predicted octanol–water partition coefficient (Wildman–Crippen LogP) is 3.36. The van der Waals surface area contributed by atoms with Gasteiger partial charge < -0.3 is 0 Å². The van der Waals surface area contributed by atoms with Gasteiger partial charge in [0.25, 0.3) is 0 Å². The number of pyridine rings is 1. The highest BCUT2D eigenvalue weighted by atomic mass is 35.5. The molecular weight excluding hydrogens is 232 g/mol. The molecule has 0 bridgehead atoms. The highest BCUT2D eigenvalue weighted by Gasteiger charge is 2.33. The number of aromatic nitrogens is 1. The minimum absolute atomic E-state index is 0.609. The molecule has 3 heteroatoms. The maximum absolute atomic E-state index is 5.92. The molecule has 1 aromatic heterocycles. The number of likely N-dealkylation sites (tertiary alicyclic amines) is 1. The SMILES string of the molecule is Clc1cccc(CN2CCCC(C3CC3)C2)n1. The van der Waals surface area contributed by atoms with Gasteiger partial charge in [0.2, 0.25) is 0 Å². The average Bonchev–Trinajstić information content (AvgIpc) is 3.13. The number of rotatable bonds is 3. The fraction of sp³-hybridized carbons (Fsp3) is 0.643. The van der Waals surface area contributed by atoms with E-state index in [1.807, 2.05) is 12.1 Å². The van der Waals surface area contributed by atoms with Crippen LogP contribution in [0.25, 0.3) is 0 Å². The summed E-state index contributed by atoms with van der Waals surface area (Å²) < 4.78 is 0. The molecule has 0 N–H and O–H groups in total. The summed E-state index contributed by atoms with van der Waals surface area (Å²) in [7, 11) is 0. The van der Waals surface area contributed by atoms with Gasteiger partial charge in [-0.3, -0.25) is 4.90 Å². The predicted molar refractivity (Wildman–Crippen MR) is 70.0 cm³/mol. The zero-order valence-corrected chi connectivity index (χ0v) is 10.9. The Bertz CT molecular complexity index is 390. The molecule has 92 valence electrons. The lowest BCUT2D eigenvalue weighted by molar-refractivity contribution is 0.153. The summed E-state index contributed by atoms with van der Waals surface area (Å²) >= 11 is 5.92. The lowest BCUT2D eigenvalue weighted by Gasteiger charge is -2.32. The summed E-state index contributed by atoms with van der Waals surface area (Å²) in [5.41, 5.74) is 1.11. The Balaban J connectivity index is 1.60. The van der Waals surface area contributed by atoms with E-state index in [-0.39, 0.29) is 0 Å².